The average molecular weight is 463 g/mol. The van der Waals surface area contributed by atoms with E-state index in [1.165, 1.54) is 23.9 Å². The third-order valence-corrected chi connectivity index (χ3v) is 7.46. The van der Waals surface area contributed by atoms with Crippen LogP contribution in [0.3, 0.4) is 0 Å². The molecule has 0 radical (unpaired) electrons. The fourth-order valence-corrected chi connectivity index (χ4v) is 5.50. The topological polar surface area (TPSA) is 86.7 Å². The Kier molecular flexibility index (Phi) is 6.79. The lowest BCUT2D eigenvalue weighted by Gasteiger charge is -2.22. The van der Waals surface area contributed by atoms with Gasteiger partial charge in [-0.05, 0) is 36.4 Å². The zero-order valence-corrected chi connectivity index (χ0v) is 17.3. The molecule has 11 heteroatoms. The van der Waals surface area contributed by atoms with Crippen LogP contribution in [0.4, 0.5) is 14.5 Å². The number of carbonyl (C=O) groups is 1. The SMILES string of the molecule is O=C(Nc1ccc(F)c(Cl)c1)c1ccc(F)c(S(=O)(=O)N2CCSCC(O)C2)c1. The first-order chi connectivity index (χ1) is 13.7. The Morgan fingerprint density at radius 1 is 1.21 bits per heavy atom. The van der Waals surface area contributed by atoms with Crippen molar-refractivity contribution in [1.29, 1.82) is 0 Å². The summed E-state index contributed by atoms with van der Waals surface area (Å²) in [5.74, 6) is -1.52. The Bertz CT molecular complexity index is 1040. The molecule has 2 N–H and O–H groups in total. The first kappa shape index (κ1) is 22.0. The van der Waals surface area contributed by atoms with Gasteiger partial charge in [-0.2, -0.15) is 16.1 Å². The maximum absolute atomic E-state index is 14.3. The van der Waals surface area contributed by atoms with Crippen LogP contribution in [0.15, 0.2) is 41.3 Å². The number of sulfonamides is 1. The number of benzene rings is 2. The summed E-state index contributed by atoms with van der Waals surface area (Å²) in [5.41, 5.74) is 0.0953. The summed E-state index contributed by atoms with van der Waals surface area (Å²) in [7, 11) is -4.26. The van der Waals surface area contributed by atoms with Crippen molar-refractivity contribution in [1.82, 2.24) is 4.31 Å². The van der Waals surface area contributed by atoms with Crippen molar-refractivity contribution in [3.05, 3.63) is 58.6 Å². The van der Waals surface area contributed by atoms with Gasteiger partial charge in [-0.3, -0.25) is 4.79 Å². The fraction of sp³-hybridized carbons (Fsp3) is 0.278. The standard InChI is InChI=1S/C18H17ClF2N2O4S2/c19-14-8-12(2-4-15(14)20)22-18(25)11-1-3-16(21)17(7-11)29(26,27)23-5-6-28-10-13(24)9-23/h1-4,7-8,13,24H,5-6,9-10H2,(H,22,25). The van der Waals surface area contributed by atoms with Crippen LogP contribution in [-0.4, -0.2) is 54.4 Å². The monoisotopic (exact) mass is 462 g/mol. The van der Waals surface area contributed by atoms with Gasteiger partial charge in [0.1, 0.15) is 16.5 Å². The molecular formula is C18H17ClF2N2O4S2. The van der Waals surface area contributed by atoms with Crippen LogP contribution in [-0.2, 0) is 10.0 Å². The molecule has 1 amide bonds. The maximum atomic E-state index is 14.3. The molecular weight excluding hydrogens is 446 g/mol. The van der Waals surface area contributed by atoms with E-state index in [4.69, 9.17) is 11.6 Å². The van der Waals surface area contributed by atoms with Crippen molar-refractivity contribution in [2.75, 3.05) is 29.9 Å². The van der Waals surface area contributed by atoms with Crippen molar-refractivity contribution in [3.63, 3.8) is 0 Å². The minimum Gasteiger partial charge on any atom is -0.391 e. The molecule has 1 heterocycles. The molecule has 0 aromatic heterocycles. The van der Waals surface area contributed by atoms with Gasteiger partial charge in [0.15, 0.2) is 0 Å². The van der Waals surface area contributed by atoms with E-state index in [9.17, 15) is 27.1 Å². The molecule has 3 rings (SSSR count). The second-order valence-corrected chi connectivity index (χ2v) is 9.78. The second-order valence-electron chi connectivity index (χ2n) is 6.32. The highest BCUT2D eigenvalue weighted by atomic mass is 35.5. The highest BCUT2D eigenvalue weighted by molar-refractivity contribution is 7.99. The number of nitrogens with zero attached hydrogens (tertiary/aromatic N) is 1. The summed E-state index contributed by atoms with van der Waals surface area (Å²) in [6.07, 6.45) is -0.866. The predicted molar refractivity (Wildman–Crippen MR) is 108 cm³/mol. The predicted octanol–water partition coefficient (Wildman–Crippen LogP) is 2.97. The van der Waals surface area contributed by atoms with Gasteiger partial charge < -0.3 is 10.4 Å². The van der Waals surface area contributed by atoms with Gasteiger partial charge in [0.2, 0.25) is 10.0 Å². The van der Waals surface area contributed by atoms with Gasteiger partial charge in [-0.1, -0.05) is 11.6 Å². The molecule has 2 aromatic carbocycles. The molecule has 2 aromatic rings. The van der Waals surface area contributed by atoms with Crippen molar-refractivity contribution < 1.29 is 27.1 Å². The van der Waals surface area contributed by atoms with E-state index >= 15 is 0 Å². The van der Waals surface area contributed by atoms with Gasteiger partial charge >= 0.3 is 0 Å². The molecule has 1 atom stereocenters. The summed E-state index contributed by atoms with van der Waals surface area (Å²) in [6.45, 7) is -0.0344. The molecule has 1 aliphatic heterocycles. The number of rotatable bonds is 4. The van der Waals surface area contributed by atoms with E-state index in [-0.39, 0.29) is 29.4 Å². The van der Waals surface area contributed by atoms with Gasteiger partial charge in [-0.25, -0.2) is 17.2 Å². The van der Waals surface area contributed by atoms with Crippen molar-refractivity contribution in [2.24, 2.45) is 0 Å². The Labute approximate surface area is 175 Å². The number of nitrogens with one attached hydrogen (secondary N) is 1. The summed E-state index contributed by atoms with van der Waals surface area (Å²) in [6, 6.07) is 6.53. The van der Waals surface area contributed by atoms with Gasteiger partial charge in [0, 0.05) is 35.8 Å². The number of halogens is 3. The quantitative estimate of drug-likeness (QED) is 0.729. The lowest BCUT2D eigenvalue weighted by atomic mass is 10.2. The summed E-state index contributed by atoms with van der Waals surface area (Å²) >= 11 is 7.08. The normalized spacial score (nSPS) is 18.3. The molecule has 156 valence electrons. The summed E-state index contributed by atoms with van der Waals surface area (Å²) in [5, 5.41) is 12.1. The van der Waals surface area contributed by atoms with E-state index in [1.807, 2.05) is 0 Å². The van der Waals surface area contributed by atoms with Crippen LogP contribution in [0.5, 0.6) is 0 Å². The fourth-order valence-electron chi connectivity index (χ4n) is 2.74. The zero-order chi connectivity index (χ0) is 21.2. The van der Waals surface area contributed by atoms with Gasteiger partial charge in [0.25, 0.3) is 5.91 Å². The van der Waals surface area contributed by atoms with Crippen LogP contribution < -0.4 is 5.32 Å². The highest BCUT2D eigenvalue weighted by Gasteiger charge is 2.31. The Balaban J connectivity index is 1.88. The second kappa shape index (κ2) is 8.97. The van der Waals surface area contributed by atoms with E-state index in [2.05, 4.69) is 5.32 Å². The number of hydrogen-bond acceptors (Lipinski definition) is 5. The van der Waals surface area contributed by atoms with Crippen molar-refractivity contribution in [3.8, 4) is 0 Å². The molecule has 0 spiro atoms. The van der Waals surface area contributed by atoms with Crippen LogP contribution in [0.2, 0.25) is 5.02 Å². The molecule has 0 saturated carbocycles. The number of hydrogen-bond donors (Lipinski definition) is 2. The average Bonchev–Trinajstić information content (AvgIpc) is 2.90. The number of aliphatic hydroxyl groups excluding tert-OH is 1. The third-order valence-electron chi connectivity index (χ3n) is 4.20. The molecule has 1 unspecified atom stereocenters. The first-order valence-corrected chi connectivity index (χ1v) is 11.5. The number of aliphatic hydroxyl groups is 1. The van der Waals surface area contributed by atoms with Crippen molar-refractivity contribution >= 4 is 45.0 Å². The molecule has 1 aliphatic rings. The number of thioether (sulfide) groups is 1. The number of carbonyl (C=O) groups excluding carboxylic acids is 1. The van der Waals surface area contributed by atoms with Crippen LogP contribution in [0, 0.1) is 11.6 Å². The molecule has 1 fully saturated rings. The first-order valence-electron chi connectivity index (χ1n) is 8.50. The lowest BCUT2D eigenvalue weighted by Crippen LogP contribution is -2.38. The Morgan fingerprint density at radius 3 is 2.66 bits per heavy atom. The van der Waals surface area contributed by atoms with Crippen LogP contribution in [0.1, 0.15) is 10.4 Å². The minimum atomic E-state index is -4.26. The van der Waals surface area contributed by atoms with E-state index in [0.29, 0.717) is 11.5 Å². The largest absolute Gasteiger partial charge is 0.391 e. The van der Waals surface area contributed by atoms with Crippen LogP contribution in [0.25, 0.3) is 0 Å². The van der Waals surface area contributed by atoms with Crippen molar-refractivity contribution in [2.45, 2.75) is 11.0 Å². The summed E-state index contributed by atoms with van der Waals surface area (Å²) in [4.78, 5) is 11.8. The summed E-state index contributed by atoms with van der Waals surface area (Å²) < 4.78 is 54.4. The molecule has 0 aliphatic carbocycles. The number of anilines is 1. The third kappa shape index (κ3) is 5.07. The maximum Gasteiger partial charge on any atom is 0.255 e. The Morgan fingerprint density at radius 2 is 1.93 bits per heavy atom. The molecule has 0 bridgehead atoms. The van der Waals surface area contributed by atoms with E-state index in [0.717, 1.165) is 28.6 Å². The Hall–Kier alpha value is -1.72. The smallest absolute Gasteiger partial charge is 0.255 e. The van der Waals surface area contributed by atoms with Gasteiger partial charge in [0.05, 0.1) is 11.1 Å². The zero-order valence-electron chi connectivity index (χ0n) is 14.9. The van der Waals surface area contributed by atoms with E-state index in [1.54, 1.807) is 0 Å². The molecule has 6 nitrogen and oxygen atoms in total. The van der Waals surface area contributed by atoms with E-state index < -0.39 is 38.6 Å². The highest BCUT2D eigenvalue weighted by Crippen LogP contribution is 2.25. The van der Waals surface area contributed by atoms with Gasteiger partial charge in [-0.15, -0.1) is 0 Å². The number of β-amino-alcohol motifs (C(OH)–C–C–N with tert-alkyl or cyclic N) is 1. The molecule has 1 saturated heterocycles. The van der Waals surface area contributed by atoms with Crippen LogP contribution >= 0.6 is 23.4 Å². The minimum absolute atomic E-state index is 0.102. The number of amides is 1. The lowest BCUT2D eigenvalue weighted by molar-refractivity contribution is 0.102. The molecule has 29 heavy (non-hydrogen) atoms.